The third kappa shape index (κ3) is 3.12. The van der Waals surface area contributed by atoms with E-state index in [1.54, 1.807) is 6.07 Å². The van der Waals surface area contributed by atoms with Gasteiger partial charge >= 0.3 is 6.36 Å². The lowest BCUT2D eigenvalue weighted by Crippen LogP contribution is -2.19. The Balaban J connectivity index is 1.93. The first-order valence-electron chi connectivity index (χ1n) is 6.71. The van der Waals surface area contributed by atoms with Crippen molar-refractivity contribution in [1.29, 1.82) is 0 Å². The van der Waals surface area contributed by atoms with Crippen molar-refractivity contribution in [3.8, 4) is 5.75 Å². The molecule has 1 heterocycles. The van der Waals surface area contributed by atoms with Crippen molar-refractivity contribution < 1.29 is 17.9 Å². The van der Waals surface area contributed by atoms with Crippen LogP contribution in [-0.4, -0.2) is 12.9 Å². The molecule has 0 saturated carbocycles. The normalized spacial score (nSPS) is 17.8. The van der Waals surface area contributed by atoms with Gasteiger partial charge in [-0.1, -0.05) is 30.3 Å². The lowest BCUT2D eigenvalue weighted by atomic mass is 9.85. The number of alkyl halides is 3. The van der Waals surface area contributed by atoms with Gasteiger partial charge in [-0.2, -0.15) is 0 Å². The third-order valence-corrected chi connectivity index (χ3v) is 3.58. The summed E-state index contributed by atoms with van der Waals surface area (Å²) in [6, 6.07) is 14.1. The van der Waals surface area contributed by atoms with Crippen molar-refractivity contribution in [3.05, 3.63) is 59.7 Å². The van der Waals surface area contributed by atoms with E-state index in [1.807, 2.05) is 30.3 Å². The first-order valence-corrected chi connectivity index (χ1v) is 6.71. The van der Waals surface area contributed by atoms with Crippen molar-refractivity contribution in [2.75, 3.05) is 11.9 Å². The van der Waals surface area contributed by atoms with Gasteiger partial charge in [0.05, 0.1) is 0 Å². The minimum atomic E-state index is -4.66. The molecule has 21 heavy (non-hydrogen) atoms. The van der Waals surface area contributed by atoms with Crippen LogP contribution >= 0.6 is 0 Å². The van der Waals surface area contributed by atoms with Crippen LogP contribution in [0.4, 0.5) is 18.9 Å². The Morgan fingerprint density at radius 1 is 1.05 bits per heavy atom. The van der Waals surface area contributed by atoms with E-state index >= 15 is 0 Å². The Kier molecular flexibility index (Phi) is 3.49. The number of anilines is 1. The highest BCUT2D eigenvalue weighted by Crippen LogP contribution is 2.37. The van der Waals surface area contributed by atoms with E-state index in [9.17, 15) is 13.2 Å². The van der Waals surface area contributed by atoms with Gasteiger partial charge in [0.15, 0.2) is 0 Å². The fourth-order valence-corrected chi connectivity index (χ4v) is 2.74. The molecule has 0 radical (unpaired) electrons. The van der Waals surface area contributed by atoms with Crippen molar-refractivity contribution in [3.63, 3.8) is 0 Å². The molecule has 0 saturated heterocycles. The second kappa shape index (κ2) is 5.31. The number of nitrogens with one attached hydrogen (secondary N) is 1. The lowest BCUT2D eigenvalue weighted by Gasteiger charge is -2.27. The number of benzene rings is 2. The molecule has 1 N–H and O–H groups in total. The van der Waals surface area contributed by atoms with Gasteiger partial charge in [0.2, 0.25) is 0 Å². The number of fused-ring (bicyclic) bond motifs is 1. The molecule has 0 fully saturated rings. The zero-order chi connectivity index (χ0) is 14.9. The monoisotopic (exact) mass is 293 g/mol. The van der Waals surface area contributed by atoms with Crippen LogP contribution < -0.4 is 10.1 Å². The topological polar surface area (TPSA) is 21.3 Å². The molecule has 0 spiro atoms. The van der Waals surface area contributed by atoms with Gasteiger partial charge in [0, 0.05) is 18.2 Å². The molecular weight excluding hydrogens is 279 g/mol. The van der Waals surface area contributed by atoms with Gasteiger partial charge in [-0.25, -0.2) is 0 Å². The zero-order valence-corrected chi connectivity index (χ0v) is 11.2. The highest BCUT2D eigenvalue weighted by molar-refractivity contribution is 5.57. The van der Waals surface area contributed by atoms with Crippen LogP contribution in [-0.2, 0) is 0 Å². The summed E-state index contributed by atoms with van der Waals surface area (Å²) < 4.78 is 41.0. The van der Waals surface area contributed by atoms with Crippen molar-refractivity contribution >= 4 is 5.69 Å². The maximum absolute atomic E-state index is 12.3. The van der Waals surface area contributed by atoms with Crippen LogP contribution in [0.1, 0.15) is 23.5 Å². The molecule has 110 valence electrons. The van der Waals surface area contributed by atoms with Crippen LogP contribution in [0.25, 0.3) is 0 Å². The Labute approximate surface area is 120 Å². The average Bonchev–Trinajstić information content (AvgIpc) is 2.45. The minimum absolute atomic E-state index is 0.0826. The molecule has 1 atom stereocenters. The number of hydrogen-bond donors (Lipinski definition) is 1. The molecular formula is C16H14F3NO. The second-order valence-corrected chi connectivity index (χ2v) is 4.98. The second-order valence-electron chi connectivity index (χ2n) is 4.98. The zero-order valence-electron chi connectivity index (χ0n) is 11.2. The lowest BCUT2D eigenvalue weighted by molar-refractivity contribution is -0.274. The molecule has 0 bridgehead atoms. The number of para-hydroxylation sites is 1. The molecule has 1 aliphatic rings. The van der Waals surface area contributed by atoms with E-state index < -0.39 is 6.36 Å². The van der Waals surface area contributed by atoms with Gasteiger partial charge in [0.1, 0.15) is 5.75 Å². The van der Waals surface area contributed by atoms with Crippen LogP contribution in [0.15, 0.2) is 48.5 Å². The van der Waals surface area contributed by atoms with E-state index in [-0.39, 0.29) is 11.7 Å². The van der Waals surface area contributed by atoms with Crippen LogP contribution in [0.2, 0.25) is 0 Å². The minimum Gasteiger partial charge on any atom is -0.406 e. The highest BCUT2D eigenvalue weighted by Gasteiger charge is 2.31. The Bertz CT molecular complexity index is 639. The van der Waals surface area contributed by atoms with Crippen LogP contribution in [0, 0.1) is 0 Å². The summed E-state index contributed by atoms with van der Waals surface area (Å²) in [6.07, 6.45) is -3.82. The van der Waals surface area contributed by atoms with Crippen molar-refractivity contribution in [1.82, 2.24) is 0 Å². The molecule has 1 aliphatic heterocycles. The highest BCUT2D eigenvalue weighted by atomic mass is 19.4. The summed E-state index contributed by atoms with van der Waals surface area (Å²) in [5, 5.41) is 3.30. The number of hydrogen-bond acceptors (Lipinski definition) is 2. The number of halogens is 3. The molecule has 3 rings (SSSR count). The van der Waals surface area contributed by atoms with Gasteiger partial charge in [0.25, 0.3) is 0 Å². The molecule has 2 aromatic rings. The van der Waals surface area contributed by atoms with Gasteiger partial charge in [-0.15, -0.1) is 13.2 Å². The maximum Gasteiger partial charge on any atom is 0.573 e. The van der Waals surface area contributed by atoms with Gasteiger partial charge in [-0.3, -0.25) is 0 Å². The molecule has 0 aromatic heterocycles. The first kappa shape index (κ1) is 13.8. The fraction of sp³-hybridized carbons (Fsp3) is 0.250. The van der Waals surface area contributed by atoms with E-state index in [2.05, 4.69) is 10.1 Å². The van der Waals surface area contributed by atoms with E-state index in [1.165, 1.54) is 12.1 Å². The summed E-state index contributed by atoms with van der Waals surface area (Å²) in [5.74, 6) is -0.0877. The average molecular weight is 293 g/mol. The summed E-state index contributed by atoms with van der Waals surface area (Å²) in [7, 11) is 0. The summed E-state index contributed by atoms with van der Waals surface area (Å²) in [5.41, 5.74) is 2.98. The maximum atomic E-state index is 12.3. The molecule has 5 heteroatoms. The molecule has 2 aromatic carbocycles. The SMILES string of the molecule is FC(F)(F)Oc1cccc(C2CCNc3ccccc32)c1. The van der Waals surface area contributed by atoms with Crippen molar-refractivity contribution in [2.24, 2.45) is 0 Å². The van der Waals surface area contributed by atoms with E-state index in [4.69, 9.17) is 0 Å². The quantitative estimate of drug-likeness (QED) is 0.878. The predicted octanol–water partition coefficient (Wildman–Crippen LogP) is 4.53. The summed E-state index contributed by atoms with van der Waals surface area (Å²) >= 11 is 0. The van der Waals surface area contributed by atoms with Crippen LogP contribution in [0.5, 0.6) is 5.75 Å². The predicted molar refractivity (Wildman–Crippen MR) is 74.5 cm³/mol. The smallest absolute Gasteiger partial charge is 0.406 e. The standard InChI is InChI=1S/C16H14F3NO/c17-16(18,19)21-12-5-3-4-11(10-12)13-8-9-20-15-7-2-1-6-14(13)15/h1-7,10,13,20H,8-9H2. The van der Waals surface area contributed by atoms with Gasteiger partial charge in [-0.05, 0) is 35.7 Å². The van der Waals surface area contributed by atoms with Crippen molar-refractivity contribution in [2.45, 2.75) is 18.7 Å². The largest absolute Gasteiger partial charge is 0.573 e. The first-order chi connectivity index (χ1) is 10.0. The Hall–Kier alpha value is -2.17. The van der Waals surface area contributed by atoms with E-state index in [0.29, 0.717) is 0 Å². The fourth-order valence-electron chi connectivity index (χ4n) is 2.74. The third-order valence-electron chi connectivity index (χ3n) is 3.58. The molecule has 2 nitrogen and oxygen atoms in total. The Morgan fingerprint density at radius 3 is 2.67 bits per heavy atom. The summed E-state index contributed by atoms with van der Waals surface area (Å²) in [4.78, 5) is 0. The van der Waals surface area contributed by atoms with Gasteiger partial charge < -0.3 is 10.1 Å². The number of ether oxygens (including phenoxy) is 1. The molecule has 0 amide bonds. The molecule has 0 aliphatic carbocycles. The van der Waals surface area contributed by atoms with E-state index in [0.717, 1.165) is 29.8 Å². The van der Waals surface area contributed by atoms with Crippen LogP contribution in [0.3, 0.4) is 0 Å². The Morgan fingerprint density at radius 2 is 1.86 bits per heavy atom. The molecule has 1 unspecified atom stereocenters. The number of rotatable bonds is 2. The summed E-state index contributed by atoms with van der Waals surface area (Å²) in [6.45, 7) is 0.798.